The van der Waals surface area contributed by atoms with Gasteiger partial charge in [-0.2, -0.15) is 0 Å². The summed E-state index contributed by atoms with van der Waals surface area (Å²) in [6.07, 6.45) is 2.75. The van der Waals surface area contributed by atoms with Crippen molar-refractivity contribution >= 4 is 0 Å². The highest BCUT2D eigenvalue weighted by atomic mass is 19.1. The van der Waals surface area contributed by atoms with Crippen molar-refractivity contribution in [3.05, 3.63) is 48.3 Å². The molecule has 1 aromatic carbocycles. The molecule has 2 atom stereocenters. The van der Waals surface area contributed by atoms with E-state index in [-0.39, 0.29) is 17.8 Å². The van der Waals surface area contributed by atoms with Crippen LogP contribution in [0.2, 0.25) is 0 Å². The minimum Gasteiger partial charge on any atom is -0.373 e. The second-order valence-corrected chi connectivity index (χ2v) is 4.70. The largest absolute Gasteiger partial charge is 0.373 e. The van der Waals surface area contributed by atoms with Crippen LogP contribution in [0.4, 0.5) is 4.39 Å². The Balaban J connectivity index is 2.46. The minimum absolute atomic E-state index is 0.130. The zero-order chi connectivity index (χ0) is 13.4. The van der Waals surface area contributed by atoms with Gasteiger partial charge in [0.2, 0.25) is 0 Å². The van der Waals surface area contributed by atoms with Crippen LogP contribution in [0, 0.1) is 5.92 Å². The molecule has 0 heterocycles. The van der Waals surface area contributed by atoms with Gasteiger partial charge in [0.05, 0.1) is 18.5 Å². The maximum absolute atomic E-state index is 13.4. The summed E-state index contributed by atoms with van der Waals surface area (Å²) in [6, 6.07) is 9.95. The summed E-state index contributed by atoms with van der Waals surface area (Å²) in [7, 11) is 0. The van der Waals surface area contributed by atoms with E-state index in [1.165, 1.54) is 0 Å². The molecular weight excluding hydrogens is 227 g/mol. The Labute approximate surface area is 110 Å². The van der Waals surface area contributed by atoms with Crippen LogP contribution in [0.3, 0.4) is 0 Å². The van der Waals surface area contributed by atoms with Crippen molar-refractivity contribution in [3.63, 3.8) is 0 Å². The van der Waals surface area contributed by atoms with Gasteiger partial charge in [-0.15, -0.1) is 0 Å². The third kappa shape index (κ3) is 5.01. The van der Waals surface area contributed by atoms with Gasteiger partial charge in [-0.3, -0.25) is 0 Å². The second kappa shape index (κ2) is 8.04. The zero-order valence-electron chi connectivity index (χ0n) is 11.4. The first kappa shape index (κ1) is 14.9. The number of hydrogen-bond acceptors (Lipinski definition) is 1. The number of hydrogen-bond donors (Lipinski definition) is 0. The van der Waals surface area contributed by atoms with Gasteiger partial charge >= 0.3 is 0 Å². The quantitative estimate of drug-likeness (QED) is 0.639. The van der Waals surface area contributed by atoms with Crippen molar-refractivity contribution in [1.82, 2.24) is 0 Å². The summed E-state index contributed by atoms with van der Waals surface area (Å²) >= 11 is 0. The van der Waals surface area contributed by atoms with Gasteiger partial charge in [0, 0.05) is 5.92 Å². The fourth-order valence-electron chi connectivity index (χ4n) is 1.99. The lowest BCUT2D eigenvalue weighted by Gasteiger charge is -2.22. The molecule has 1 nitrogen and oxygen atoms in total. The highest BCUT2D eigenvalue weighted by Crippen LogP contribution is 2.24. The van der Waals surface area contributed by atoms with Crippen molar-refractivity contribution in [2.45, 2.75) is 45.8 Å². The standard InChI is InChI=1S/C16H23FO/c1-4-5-11-16(13(2)17)14(3)18-12-15-9-7-6-8-10-15/h6-10,14,16H,2,4-5,11-12H2,1,3H3. The first-order chi connectivity index (χ1) is 8.65. The van der Waals surface area contributed by atoms with Crippen LogP contribution in [0.15, 0.2) is 42.7 Å². The molecule has 1 aromatic rings. The third-order valence-electron chi connectivity index (χ3n) is 3.19. The zero-order valence-corrected chi connectivity index (χ0v) is 11.4. The van der Waals surface area contributed by atoms with Crippen molar-refractivity contribution in [1.29, 1.82) is 0 Å². The van der Waals surface area contributed by atoms with Crippen LogP contribution in [0.1, 0.15) is 38.7 Å². The molecule has 0 amide bonds. The molecule has 1 rings (SSSR count). The van der Waals surface area contributed by atoms with E-state index in [4.69, 9.17) is 4.74 Å². The number of halogens is 1. The number of benzene rings is 1. The Hall–Kier alpha value is -1.15. The van der Waals surface area contributed by atoms with Crippen molar-refractivity contribution in [3.8, 4) is 0 Å². The van der Waals surface area contributed by atoms with Gasteiger partial charge in [0.15, 0.2) is 0 Å². The fraction of sp³-hybridized carbons (Fsp3) is 0.500. The molecule has 2 heteroatoms. The molecule has 18 heavy (non-hydrogen) atoms. The molecule has 0 aliphatic heterocycles. The van der Waals surface area contributed by atoms with Crippen molar-refractivity contribution in [2.75, 3.05) is 0 Å². The second-order valence-electron chi connectivity index (χ2n) is 4.70. The first-order valence-corrected chi connectivity index (χ1v) is 6.65. The summed E-state index contributed by atoms with van der Waals surface area (Å²) in [4.78, 5) is 0. The maximum Gasteiger partial charge on any atom is 0.0984 e. The van der Waals surface area contributed by atoms with Crippen molar-refractivity contribution < 1.29 is 9.13 Å². The Kier molecular flexibility index (Phi) is 6.66. The van der Waals surface area contributed by atoms with Crippen LogP contribution < -0.4 is 0 Å². The highest BCUT2D eigenvalue weighted by Gasteiger charge is 2.20. The SMILES string of the molecule is C=C(F)C(CCCC)C(C)OCc1ccccc1. The van der Waals surface area contributed by atoms with Gasteiger partial charge < -0.3 is 4.74 Å². The molecule has 2 unspecified atom stereocenters. The lowest BCUT2D eigenvalue weighted by atomic mass is 9.96. The number of unbranched alkanes of at least 4 members (excludes halogenated alkanes) is 1. The highest BCUT2D eigenvalue weighted by molar-refractivity contribution is 5.13. The van der Waals surface area contributed by atoms with E-state index < -0.39 is 0 Å². The molecule has 0 aliphatic carbocycles. The summed E-state index contributed by atoms with van der Waals surface area (Å²) in [6.45, 7) is 7.99. The van der Waals surface area contributed by atoms with E-state index in [0.717, 1.165) is 24.8 Å². The van der Waals surface area contributed by atoms with Crippen LogP contribution >= 0.6 is 0 Å². The predicted octanol–water partition coefficient (Wildman–Crippen LogP) is 4.88. The molecule has 0 N–H and O–H groups in total. The van der Waals surface area contributed by atoms with Crippen LogP contribution in [-0.4, -0.2) is 6.10 Å². The first-order valence-electron chi connectivity index (χ1n) is 6.65. The molecule has 0 aliphatic rings. The van der Waals surface area contributed by atoms with E-state index in [1.807, 2.05) is 37.3 Å². The lowest BCUT2D eigenvalue weighted by molar-refractivity contribution is 0.0150. The average Bonchev–Trinajstić information content (AvgIpc) is 2.37. The van der Waals surface area contributed by atoms with Gasteiger partial charge in [-0.25, -0.2) is 4.39 Å². The van der Waals surface area contributed by atoms with Crippen molar-refractivity contribution in [2.24, 2.45) is 5.92 Å². The van der Waals surface area contributed by atoms with Crippen LogP contribution in [0.5, 0.6) is 0 Å². The summed E-state index contributed by atoms with van der Waals surface area (Å²) < 4.78 is 19.1. The van der Waals surface area contributed by atoms with E-state index in [0.29, 0.717) is 6.61 Å². The van der Waals surface area contributed by atoms with Gasteiger partial charge in [0.25, 0.3) is 0 Å². The van der Waals surface area contributed by atoms with E-state index in [2.05, 4.69) is 13.5 Å². The summed E-state index contributed by atoms with van der Waals surface area (Å²) in [5.41, 5.74) is 1.11. The molecule has 0 fully saturated rings. The molecule has 100 valence electrons. The number of ether oxygens (including phenoxy) is 1. The van der Waals surface area contributed by atoms with Crippen LogP contribution in [0.25, 0.3) is 0 Å². The van der Waals surface area contributed by atoms with Gasteiger partial charge in [0.1, 0.15) is 0 Å². The predicted molar refractivity (Wildman–Crippen MR) is 74.0 cm³/mol. The molecule has 0 saturated heterocycles. The molecular formula is C16H23FO. The van der Waals surface area contributed by atoms with E-state index in [1.54, 1.807) is 0 Å². The maximum atomic E-state index is 13.4. The molecule has 0 aromatic heterocycles. The fourth-order valence-corrected chi connectivity index (χ4v) is 1.99. The Morgan fingerprint density at radius 2 is 2.00 bits per heavy atom. The topological polar surface area (TPSA) is 9.23 Å². The monoisotopic (exact) mass is 250 g/mol. The third-order valence-corrected chi connectivity index (χ3v) is 3.19. The summed E-state index contributed by atoms with van der Waals surface area (Å²) in [5, 5.41) is 0. The Morgan fingerprint density at radius 3 is 2.56 bits per heavy atom. The van der Waals surface area contributed by atoms with Gasteiger partial charge in [-0.1, -0.05) is 56.7 Å². The number of rotatable bonds is 8. The minimum atomic E-state index is -0.260. The van der Waals surface area contributed by atoms with Gasteiger partial charge in [-0.05, 0) is 18.9 Å². The Bertz CT molecular complexity index is 347. The summed E-state index contributed by atoms with van der Waals surface area (Å²) in [5.74, 6) is -0.447. The Morgan fingerprint density at radius 1 is 1.33 bits per heavy atom. The average molecular weight is 250 g/mol. The van der Waals surface area contributed by atoms with E-state index in [9.17, 15) is 4.39 Å². The molecule has 0 spiro atoms. The normalized spacial score (nSPS) is 14.2. The van der Waals surface area contributed by atoms with E-state index >= 15 is 0 Å². The smallest absolute Gasteiger partial charge is 0.0984 e. The molecule has 0 radical (unpaired) electrons. The lowest BCUT2D eigenvalue weighted by Crippen LogP contribution is -2.21. The van der Waals surface area contributed by atoms with Crippen LogP contribution in [-0.2, 0) is 11.3 Å². The molecule has 0 bridgehead atoms. The molecule has 0 saturated carbocycles.